The van der Waals surface area contributed by atoms with Gasteiger partial charge in [0.2, 0.25) is 0 Å². The molecule has 0 aliphatic heterocycles. The molecule has 9 heteroatoms. The molecule has 0 radical (unpaired) electrons. The normalized spacial score (nSPS) is 11.5. The number of hydrogen-bond donors (Lipinski definition) is 1. The fraction of sp³-hybridized carbons (Fsp3) is 0.292. The second kappa shape index (κ2) is 9.23. The summed E-state index contributed by atoms with van der Waals surface area (Å²) in [4.78, 5) is 38.2. The second-order valence-electron chi connectivity index (χ2n) is 8.71. The van der Waals surface area contributed by atoms with Crippen LogP contribution in [0.5, 0.6) is 0 Å². The molecule has 2 aromatic heterocycles. The lowest BCUT2D eigenvalue weighted by Gasteiger charge is -2.25. The largest absolute Gasteiger partial charge is 0.477 e. The Balaban J connectivity index is 2.05. The van der Waals surface area contributed by atoms with Gasteiger partial charge in [-0.3, -0.25) is 9.20 Å². The average molecular weight is 475 g/mol. The Labute approximate surface area is 195 Å². The van der Waals surface area contributed by atoms with Crippen molar-refractivity contribution in [1.29, 1.82) is 0 Å². The minimum Gasteiger partial charge on any atom is -0.477 e. The molecule has 0 saturated heterocycles. The smallest absolute Gasteiger partial charge is 0.410 e. The van der Waals surface area contributed by atoms with Crippen LogP contribution in [0.15, 0.2) is 47.4 Å². The predicted octanol–water partition coefficient (Wildman–Crippen LogP) is 4.75. The summed E-state index contributed by atoms with van der Waals surface area (Å²) in [5, 5.41) is 9.53. The summed E-state index contributed by atoms with van der Waals surface area (Å²) in [6, 6.07) is 9.27. The Bertz CT molecular complexity index is 1300. The number of halogens is 2. The minimum atomic E-state index is -1.39. The zero-order chi connectivity index (χ0) is 24.5. The Morgan fingerprint density at radius 3 is 2.52 bits per heavy atom. The molecule has 0 bridgehead atoms. The molecule has 33 heavy (non-hydrogen) atoms. The second-order valence-corrected chi connectivity index (χ2v) is 9.12. The molecule has 1 aromatic carbocycles. The van der Waals surface area contributed by atoms with E-state index in [1.54, 1.807) is 45.0 Å². The zero-order valence-corrected chi connectivity index (χ0v) is 19.4. The van der Waals surface area contributed by atoms with Crippen LogP contribution in [0.4, 0.5) is 9.18 Å². The molecule has 1 N–H and O–H groups in total. The van der Waals surface area contributed by atoms with Crippen molar-refractivity contribution in [2.75, 3.05) is 7.05 Å². The average Bonchev–Trinajstić information content (AvgIpc) is 2.72. The highest BCUT2D eigenvalue weighted by Crippen LogP contribution is 2.22. The maximum Gasteiger partial charge on any atom is 0.410 e. The number of carboxylic acid groups (broad SMARTS) is 1. The van der Waals surface area contributed by atoms with E-state index < -0.39 is 34.6 Å². The van der Waals surface area contributed by atoms with Gasteiger partial charge in [0, 0.05) is 19.7 Å². The quantitative estimate of drug-likeness (QED) is 0.576. The number of benzene rings is 1. The number of amides is 1. The first kappa shape index (κ1) is 24.3. The van der Waals surface area contributed by atoms with E-state index in [1.807, 2.05) is 0 Å². The summed E-state index contributed by atoms with van der Waals surface area (Å²) in [6.45, 7) is 5.23. The minimum absolute atomic E-state index is 0.00825. The van der Waals surface area contributed by atoms with Crippen molar-refractivity contribution < 1.29 is 23.8 Å². The number of aromatic nitrogens is 1. The van der Waals surface area contributed by atoms with Gasteiger partial charge in [-0.1, -0.05) is 29.8 Å². The topological polar surface area (TPSA) is 88.3 Å². The third kappa shape index (κ3) is 5.51. The van der Waals surface area contributed by atoms with Gasteiger partial charge in [-0.25, -0.2) is 14.0 Å². The summed E-state index contributed by atoms with van der Waals surface area (Å²) in [6.07, 6.45) is 1.04. The van der Waals surface area contributed by atoms with E-state index in [4.69, 9.17) is 16.3 Å². The van der Waals surface area contributed by atoms with Crippen molar-refractivity contribution in [1.82, 2.24) is 9.30 Å². The van der Waals surface area contributed by atoms with Gasteiger partial charge < -0.3 is 14.7 Å². The monoisotopic (exact) mass is 474 g/mol. The van der Waals surface area contributed by atoms with Crippen molar-refractivity contribution in [3.8, 4) is 0 Å². The number of rotatable bonds is 5. The zero-order valence-electron chi connectivity index (χ0n) is 18.7. The first-order chi connectivity index (χ1) is 15.4. The van der Waals surface area contributed by atoms with Gasteiger partial charge in [0.05, 0.1) is 17.1 Å². The number of pyridine rings is 2. The lowest BCUT2D eigenvalue weighted by atomic mass is 10.0. The van der Waals surface area contributed by atoms with Gasteiger partial charge in [-0.05, 0) is 55.7 Å². The van der Waals surface area contributed by atoms with Crippen molar-refractivity contribution in [3.63, 3.8) is 0 Å². The van der Waals surface area contributed by atoms with Crippen LogP contribution in [-0.2, 0) is 17.7 Å². The Morgan fingerprint density at radius 2 is 1.88 bits per heavy atom. The maximum atomic E-state index is 14.3. The first-order valence-electron chi connectivity index (χ1n) is 10.1. The van der Waals surface area contributed by atoms with Crippen molar-refractivity contribution in [3.05, 3.63) is 86.0 Å². The molecule has 0 saturated carbocycles. The maximum absolute atomic E-state index is 14.3. The van der Waals surface area contributed by atoms with Gasteiger partial charge >= 0.3 is 12.1 Å². The molecule has 1 amide bonds. The number of nitrogens with zero attached hydrogens (tertiary/aromatic N) is 2. The van der Waals surface area contributed by atoms with Crippen molar-refractivity contribution >= 4 is 29.2 Å². The van der Waals surface area contributed by atoms with Gasteiger partial charge in [-0.15, -0.1) is 0 Å². The molecule has 3 aromatic rings. The number of ether oxygens (including phenoxy) is 1. The summed E-state index contributed by atoms with van der Waals surface area (Å²) in [5.41, 5.74) is -0.0659. The highest BCUT2D eigenvalue weighted by molar-refractivity contribution is 6.30. The van der Waals surface area contributed by atoms with E-state index in [1.165, 1.54) is 34.7 Å². The van der Waals surface area contributed by atoms with Crippen LogP contribution in [0.25, 0.3) is 5.52 Å². The molecule has 0 atom stereocenters. The van der Waals surface area contributed by atoms with Crippen LogP contribution in [0, 0.1) is 5.82 Å². The third-order valence-electron chi connectivity index (χ3n) is 4.88. The molecule has 174 valence electrons. The van der Waals surface area contributed by atoms with E-state index in [2.05, 4.69) is 0 Å². The van der Waals surface area contributed by atoms with Gasteiger partial charge in [-0.2, -0.15) is 0 Å². The molecule has 7 nitrogen and oxygen atoms in total. The number of aromatic carboxylic acids is 1. The Hall–Kier alpha value is -3.39. The fourth-order valence-corrected chi connectivity index (χ4v) is 3.56. The SMILES string of the molecule is CN(Cc1cc(C(=O)O)c(=O)n2cc(Cc3cccc(Cl)c3F)ccc12)C(=O)OC(C)(C)C. The summed E-state index contributed by atoms with van der Waals surface area (Å²) >= 11 is 5.85. The van der Waals surface area contributed by atoms with E-state index in [9.17, 15) is 23.9 Å². The molecule has 0 unspecified atom stereocenters. The van der Waals surface area contributed by atoms with Crippen LogP contribution >= 0.6 is 11.6 Å². The van der Waals surface area contributed by atoms with Crippen LogP contribution in [-0.4, -0.2) is 39.1 Å². The van der Waals surface area contributed by atoms with E-state index in [-0.39, 0.29) is 18.0 Å². The molecular weight excluding hydrogens is 451 g/mol. The summed E-state index contributed by atoms with van der Waals surface area (Å²) < 4.78 is 20.9. The van der Waals surface area contributed by atoms with Crippen LogP contribution in [0.3, 0.4) is 0 Å². The number of fused-ring (bicyclic) bond motifs is 1. The standard InChI is InChI=1S/C24H24ClFN2O5/c1-24(2,3)33-23(32)27(4)13-16-11-17(22(30)31)21(29)28-12-14(8-9-19(16)28)10-15-6-5-7-18(25)20(15)26/h5-9,11-12H,10,13H2,1-4H3,(H,30,31). The molecule has 2 heterocycles. The number of hydrogen-bond acceptors (Lipinski definition) is 4. The predicted molar refractivity (Wildman–Crippen MR) is 123 cm³/mol. The molecule has 0 aliphatic rings. The lowest BCUT2D eigenvalue weighted by Crippen LogP contribution is -2.34. The lowest BCUT2D eigenvalue weighted by molar-refractivity contribution is 0.0285. The van der Waals surface area contributed by atoms with E-state index in [0.717, 1.165) is 0 Å². The molecule has 0 fully saturated rings. The molecular formula is C24H24ClFN2O5. The van der Waals surface area contributed by atoms with Crippen molar-refractivity contribution in [2.24, 2.45) is 0 Å². The van der Waals surface area contributed by atoms with E-state index in [0.29, 0.717) is 22.2 Å². The molecule has 0 spiro atoms. The first-order valence-corrected chi connectivity index (χ1v) is 10.5. The summed E-state index contributed by atoms with van der Waals surface area (Å²) in [7, 11) is 1.52. The Morgan fingerprint density at radius 1 is 1.18 bits per heavy atom. The van der Waals surface area contributed by atoms with Gasteiger partial charge in [0.25, 0.3) is 5.56 Å². The highest BCUT2D eigenvalue weighted by Gasteiger charge is 2.22. The number of carbonyl (C=O) groups is 2. The Kier molecular flexibility index (Phi) is 6.78. The van der Waals surface area contributed by atoms with Crippen LogP contribution in [0.2, 0.25) is 5.02 Å². The number of carboxylic acids is 1. The highest BCUT2D eigenvalue weighted by atomic mass is 35.5. The van der Waals surface area contributed by atoms with E-state index >= 15 is 0 Å². The fourth-order valence-electron chi connectivity index (χ4n) is 3.36. The third-order valence-corrected chi connectivity index (χ3v) is 5.17. The molecule has 0 aliphatic carbocycles. The van der Waals surface area contributed by atoms with Gasteiger partial charge in [0.1, 0.15) is 17.0 Å². The van der Waals surface area contributed by atoms with Crippen LogP contribution in [0.1, 0.15) is 47.8 Å². The van der Waals surface area contributed by atoms with Crippen molar-refractivity contribution in [2.45, 2.75) is 39.3 Å². The van der Waals surface area contributed by atoms with Crippen LogP contribution < -0.4 is 5.56 Å². The molecule has 3 rings (SSSR count). The summed E-state index contributed by atoms with van der Waals surface area (Å²) in [5.74, 6) is -1.94. The number of carbonyl (C=O) groups excluding carboxylic acids is 1. The van der Waals surface area contributed by atoms with Gasteiger partial charge in [0.15, 0.2) is 0 Å².